The van der Waals surface area contributed by atoms with E-state index < -0.39 is 0 Å². The molecule has 1 atom stereocenters. The van der Waals surface area contributed by atoms with Gasteiger partial charge < -0.3 is 14.6 Å². The van der Waals surface area contributed by atoms with Crippen LogP contribution in [0.2, 0.25) is 0 Å². The monoisotopic (exact) mass is 319 g/mol. The van der Waals surface area contributed by atoms with E-state index in [1.54, 1.807) is 0 Å². The van der Waals surface area contributed by atoms with Gasteiger partial charge in [-0.25, -0.2) is 4.39 Å². The molecule has 4 nitrogen and oxygen atoms in total. The van der Waals surface area contributed by atoms with Crippen LogP contribution in [0.4, 0.5) is 10.1 Å². The normalized spacial score (nSPS) is 22.0. The summed E-state index contributed by atoms with van der Waals surface area (Å²) in [5.41, 5.74) is 1.06. The Morgan fingerprint density at radius 2 is 1.61 bits per heavy atom. The number of rotatable bonds is 5. The van der Waals surface area contributed by atoms with Crippen molar-refractivity contribution in [1.82, 2.24) is 9.80 Å². The van der Waals surface area contributed by atoms with Gasteiger partial charge in [-0.15, -0.1) is 0 Å². The van der Waals surface area contributed by atoms with Gasteiger partial charge in [-0.05, 0) is 50.2 Å². The highest BCUT2D eigenvalue weighted by molar-refractivity contribution is 5.58. The SMILES string of the molecule is O=CC(CN1CCCCC1)N1CCN(c2ccc(F)cc2)CC1. The van der Waals surface area contributed by atoms with Gasteiger partial charge in [-0.1, -0.05) is 6.42 Å². The van der Waals surface area contributed by atoms with Crippen LogP contribution in [0.1, 0.15) is 19.3 Å². The molecule has 2 aliphatic heterocycles. The molecule has 0 aromatic heterocycles. The van der Waals surface area contributed by atoms with Gasteiger partial charge in [0.05, 0.1) is 6.04 Å². The highest BCUT2D eigenvalue weighted by Gasteiger charge is 2.25. The van der Waals surface area contributed by atoms with Crippen molar-refractivity contribution in [3.05, 3.63) is 30.1 Å². The van der Waals surface area contributed by atoms with Crippen molar-refractivity contribution < 1.29 is 9.18 Å². The number of likely N-dealkylation sites (tertiary alicyclic amines) is 1. The van der Waals surface area contributed by atoms with Crippen LogP contribution >= 0.6 is 0 Å². The van der Waals surface area contributed by atoms with Crippen LogP contribution in [0.3, 0.4) is 0 Å². The maximum absolute atomic E-state index is 13.0. The lowest BCUT2D eigenvalue weighted by molar-refractivity contribution is -0.113. The first kappa shape index (κ1) is 16.4. The fourth-order valence-corrected chi connectivity index (χ4v) is 3.61. The molecule has 2 fully saturated rings. The summed E-state index contributed by atoms with van der Waals surface area (Å²) < 4.78 is 13.0. The Bertz CT molecular complexity index is 493. The number of halogens is 1. The zero-order chi connectivity index (χ0) is 16.1. The lowest BCUT2D eigenvalue weighted by Gasteiger charge is -2.40. The summed E-state index contributed by atoms with van der Waals surface area (Å²) in [5.74, 6) is -0.199. The second-order valence-electron chi connectivity index (χ2n) is 6.56. The molecule has 1 unspecified atom stereocenters. The van der Waals surface area contributed by atoms with Crippen molar-refractivity contribution in [3.8, 4) is 0 Å². The molecule has 0 spiro atoms. The van der Waals surface area contributed by atoms with E-state index >= 15 is 0 Å². The molecule has 0 radical (unpaired) electrons. The van der Waals surface area contributed by atoms with Crippen molar-refractivity contribution in [2.24, 2.45) is 0 Å². The Morgan fingerprint density at radius 3 is 2.22 bits per heavy atom. The summed E-state index contributed by atoms with van der Waals surface area (Å²) in [4.78, 5) is 18.5. The van der Waals surface area contributed by atoms with Crippen molar-refractivity contribution >= 4 is 12.0 Å². The fraction of sp³-hybridized carbons (Fsp3) is 0.611. The van der Waals surface area contributed by atoms with Crippen LogP contribution in [-0.4, -0.2) is 67.9 Å². The number of aldehydes is 1. The molecule has 0 N–H and O–H groups in total. The van der Waals surface area contributed by atoms with Crippen LogP contribution in [0.25, 0.3) is 0 Å². The number of hydrogen-bond acceptors (Lipinski definition) is 4. The Balaban J connectivity index is 1.52. The predicted molar refractivity (Wildman–Crippen MR) is 90.3 cm³/mol. The number of hydrogen-bond donors (Lipinski definition) is 0. The van der Waals surface area contributed by atoms with Gasteiger partial charge in [-0.3, -0.25) is 4.90 Å². The van der Waals surface area contributed by atoms with Gasteiger partial charge >= 0.3 is 0 Å². The third-order valence-corrected chi connectivity index (χ3v) is 5.03. The summed E-state index contributed by atoms with van der Waals surface area (Å²) in [6, 6.07) is 6.67. The van der Waals surface area contributed by atoms with Crippen molar-refractivity contribution in [3.63, 3.8) is 0 Å². The number of anilines is 1. The minimum atomic E-state index is -0.199. The van der Waals surface area contributed by atoms with Crippen LogP contribution in [-0.2, 0) is 4.79 Å². The van der Waals surface area contributed by atoms with E-state index in [1.165, 1.54) is 31.4 Å². The lowest BCUT2D eigenvalue weighted by Crippen LogP contribution is -2.54. The topological polar surface area (TPSA) is 26.8 Å². The van der Waals surface area contributed by atoms with Gasteiger partial charge in [0, 0.05) is 38.4 Å². The van der Waals surface area contributed by atoms with Crippen LogP contribution in [0, 0.1) is 5.82 Å². The second-order valence-corrected chi connectivity index (χ2v) is 6.56. The van der Waals surface area contributed by atoms with Crippen molar-refractivity contribution in [1.29, 1.82) is 0 Å². The standard InChI is InChI=1S/C18H26FN3O/c19-16-4-6-17(7-5-16)21-10-12-22(13-11-21)18(15-23)14-20-8-2-1-3-9-20/h4-7,15,18H,1-3,8-14H2. The molecule has 0 aliphatic carbocycles. The molecule has 2 aliphatic rings. The summed E-state index contributed by atoms with van der Waals surface area (Å²) >= 11 is 0. The first-order valence-corrected chi connectivity index (χ1v) is 8.68. The van der Waals surface area contributed by atoms with E-state index in [-0.39, 0.29) is 11.9 Å². The Hall–Kier alpha value is -1.46. The summed E-state index contributed by atoms with van der Waals surface area (Å²) in [7, 11) is 0. The van der Waals surface area contributed by atoms with Gasteiger partial charge in [0.2, 0.25) is 0 Å². The van der Waals surface area contributed by atoms with Crippen LogP contribution in [0.5, 0.6) is 0 Å². The maximum atomic E-state index is 13.0. The predicted octanol–water partition coefficient (Wildman–Crippen LogP) is 2.00. The number of piperidine rings is 1. The molecular weight excluding hydrogens is 293 g/mol. The molecule has 2 saturated heterocycles. The van der Waals surface area contributed by atoms with E-state index in [1.807, 2.05) is 12.1 Å². The lowest BCUT2D eigenvalue weighted by atomic mass is 10.1. The van der Waals surface area contributed by atoms with Gasteiger partial charge in [0.15, 0.2) is 0 Å². The van der Waals surface area contributed by atoms with Gasteiger partial charge in [0.25, 0.3) is 0 Å². The average molecular weight is 319 g/mol. The Labute approximate surface area is 137 Å². The number of benzene rings is 1. The Morgan fingerprint density at radius 1 is 0.957 bits per heavy atom. The minimum Gasteiger partial charge on any atom is -0.369 e. The molecule has 0 amide bonds. The largest absolute Gasteiger partial charge is 0.369 e. The third kappa shape index (κ3) is 4.30. The minimum absolute atomic E-state index is 0.00321. The molecule has 126 valence electrons. The quantitative estimate of drug-likeness (QED) is 0.776. The number of carbonyl (C=O) groups is 1. The molecule has 1 aromatic carbocycles. The molecule has 23 heavy (non-hydrogen) atoms. The van der Waals surface area contributed by atoms with E-state index in [0.29, 0.717) is 0 Å². The maximum Gasteiger partial charge on any atom is 0.138 e. The first-order chi connectivity index (χ1) is 11.3. The molecule has 0 saturated carbocycles. The van der Waals surface area contributed by atoms with Crippen molar-refractivity contribution in [2.75, 3.05) is 50.7 Å². The molecule has 3 rings (SSSR count). The van der Waals surface area contributed by atoms with E-state index in [0.717, 1.165) is 57.8 Å². The second kappa shape index (κ2) is 7.88. The Kier molecular flexibility index (Phi) is 5.62. The zero-order valence-electron chi connectivity index (χ0n) is 13.7. The number of nitrogens with zero attached hydrogens (tertiary/aromatic N) is 3. The highest BCUT2D eigenvalue weighted by Crippen LogP contribution is 2.18. The fourth-order valence-electron chi connectivity index (χ4n) is 3.61. The van der Waals surface area contributed by atoms with Crippen LogP contribution < -0.4 is 4.90 Å². The molecule has 0 bridgehead atoms. The summed E-state index contributed by atoms with van der Waals surface area (Å²) in [6.45, 7) is 6.65. The number of piperazine rings is 1. The molecular formula is C18H26FN3O. The average Bonchev–Trinajstić information content (AvgIpc) is 2.61. The number of carbonyl (C=O) groups excluding carboxylic acids is 1. The van der Waals surface area contributed by atoms with E-state index in [4.69, 9.17) is 0 Å². The molecule has 5 heteroatoms. The van der Waals surface area contributed by atoms with Crippen LogP contribution in [0.15, 0.2) is 24.3 Å². The van der Waals surface area contributed by atoms with Gasteiger partial charge in [0.1, 0.15) is 12.1 Å². The summed E-state index contributed by atoms with van der Waals surface area (Å²) in [5, 5.41) is 0. The summed E-state index contributed by atoms with van der Waals surface area (Å²) in [6.07, 6.45) is 4.94. The zero-order valence-corrected chi connectivity index (χ0v) is 13.7. The van der Waals surface area contributed by atoms with Crippen molar-refractivity contribution in [2.45, 2.75) is 25.3 Å². The highest BCUT2D eigenvalue weighted by atomic mass is 19.1. The smallest absolute Gasteiger partial charge is 0.138 e. The third-order valence-electron chi connectivity index (χ3n) is 5.03. The van der Waals surface area contributed by atoms with E-state index in [9.17, 15) is 9.18 Å². The first-order valence-electron chi connectivity index (χ1n) is 8.68. The molecule has 2 heterocycles. The van der Waals surface area contributed by atoms with Gasteiger partial charge in [-0.2, -0.15) is 0 Å². The molecule has 1 aromatic rings. The van der Waals surface area contributed by atoms with E-state index in [2.05, 4.69) is 14.7 Å².